The van der Waals surface area contributed by atoms with Crippen LogP contribution >= 0.6 is 0 Å². The Morgan fingerprint density at radius 1 is 1.40 bits per heavy atom. The van der Waals surface area contributed by atoms with Gasteiger partial charge in [-0.3, -0.25) is 0 Å². The van der Waals surface area contributed by atoms with Gasteiger partial charge in [-0.15, -0.1) is 0 Å². The minimum Gasteiger partial charge on any atom is -0.390 e. The molecule has 5 nitrogen and oxygen atoms in total. The summed E-state index contributed by atoms with van der Waals surface area (Å²) in [5.41, 5.74) is 0.634. The van der Waals surface area contributed by atoms with Crippen LogP contribution in [0.5, 0.6) is 0 Å². The molecule has 1 heterocycles. The van der Waals surface area contributed by atoms with Gasteiger partial charge in [0.1, 0.15) is 0 Å². The van der Waals surface area contributed by atoms with Crippen LogP contribution in [0, 0.1) is 5.92 Å². The van der Waals surface area contributed by atoms with Crippen LogP contribution in [0.4, 0.5) is 0 Å². The zero-order valence-electron chi connectivity index (χ0n) is 12.6. The molecule has 1 rings (SSSR count). The SMILES string of the molecule is CCCn1cc(S(=O)(=O)NCCCC(C)C)cc1CO. The van der Waals surface area contributed by atoms with Gasteiger partial charge in [0, 0.05) is 25.0 Å². The van der Waals surface area contributed by atoms with Gasteiger partial charge in [-0.2, -0.15) is 0 Å². The average molecular weight is 302 g/mol. The average Bonchev–Trinajstić information content (AvgIpc) is 2.79. The van der Waals surface area contributed by atoms with Crippen molar-refractivity contribution in [2.75, 3.05) is 6.54 Å². The molecule has 0 bridgehead atoms. The summed E-state index contributed by atoms with van der Waals surface area (Å²) in [6.07, 6.45) is 4.32. The maximum absolute atomic E-state index is 12.2. The molecular weight excluding hydrogens is 276 g/mol. The predicted molar refractivity (Wildman–Crippen MR) is 79.9 cm³/mol. The van der Waals surface area contributed by atoms with Crippen molar-refractivity contribution in [3.63, 3.8) is 0 Å². The third kappa shape index (κ3) is 4.92. The first-order valence-electron chi connectivity index (χ1n) is 7.20. The van der Waals surface area contributed by atoms with Crippen molar-refractivity contribution >= 4 is 10.0 Å². The fourth-order valence-electron chi connectivity index (χ4n) is 2.05. The third-order valence-corrected chi connectivity index (χ3v) is 4.58. The zero-order chi connectivity index (χ0) is 15.2. The summed E-state index contributed by atoms with van der Waals surface area (Å²) in [6, 6.07) is 1.54. The number of aliphatic hydroxyl groups excluding tert-OH is 1. The molecule has 0 radical (unpaired) electrons. The van der Waals surface area contributed by atoms with E-state index in [0.29, 0.717) is 24.7 Å². The molecule has 0 aliphatic rings. The molecule has 2 N–H and O–H groups in total. The molecule has 1 aromatic heterocycles. The highest BCUT2D eigenvalue weighted by Gasteiger charge is 2.17. The quantitative estimate of drug-likeness (QED) is 0.686. The van der Waals surface area contributed by atoms with Crippen LogP contribution in [0.25, 0.3) is 0 Å². The van der Waals surface area contributed by atoms with Crippen LogP contribution in [0.3, 0.4) is 0 Å². The molecule has 6 heteroatoms. The molecule has 0 fully saturated rings. The molecule has 0 amide bonds. The van der Waals surface area contributed by atoms with Crippen LogP contribution in [-0.2, 0) is 23.2 Å². The highest BCUT2D eigenvalue weighted by molar-refractivity contribution is 7.89. The van der Waals surface area contributed by atoms with Crippen LogP contribution in [0.2, 0.25) is 0 Å². The molecule has 0 saturated carbocycles. The van der Waals surface area contributed by atoms with Gasteiger partial charge < -0.3 is 9.67 Å². The summed E-state index contributed by atoms with van der Waals surface area (Å²) >= 11 is 0. The number of aryl methyl sites for hydroxylation is 1. The third-order valence-electron chi connectivity index (χ3n) is 3.15. The second-order valence-electron chi connectivity index (χ2n) is 5.45. The van der Waals surface area contributed by atoms with Gasteiger partial charge in [0.15, 0.2) is 0 Å². The lowest BCUT2D eigenvalue weighted by molar-refractivity contribution is 0.270. The second kappa shape index (κ2) is 7.81. The minimum absolute atomic E-state index is 0.150. The first-order chi connectivity index (χ1) is 9.40. The molecule has 0 unspecified atom stereocenters. The summed E-state index contributed by atoms with van der Waals surface area (Å²) in [5.74, 6) is 0.575. The maximum atomic E-state index is 12.2. The van der Waals surface area contributed by atoms with Crippen molar-refractivity contribution in [3.05, 3.63) is 18.0 Å². The van der Waals surface area contributed by atoms with Gasteiger partial charge in [0.25, 0.3) is 0 Å². The molecule has 0 atom stereocenters. The fourth-order valence-corrected chi connectivity index (χ4v) is 3.19. The largest absolute Gasteiger partial charge is 0.390 e. The first-order valence-corrected chi connectivity index (χ1v) is 8.68. The number of nitrogens with zero attached hydrogens (tertiary/aromatic N) is 1. The Bertz CT molecular complexity index is 506. The molecular formula is C14H26N2O3S. The second-order valence-corrected chi connectivity index (χ2v) is 7.22. The maximum Gasteiger partial charge on any atom is 0.242 e. The summed E-state index contributed by atoms with van der Waals surface area (Å²) in [7, 11) is -3.47. The number of hydrogen-bond donors (Lipinski definition) is 2. The standard InChI is InChI=1S/C14H26N2O3S/c1-4-8-16-10-14(9-13(16)11-17)20(18,19)15-7-5-6-12(2)3/h9-10,12,15,17H,4-8,11H2,1-3H3. The Balaban J connectivity index is 2.71. The van der Waals surface area contributed by atoms with E-state index >= 15 is 0 Å². The number of aromatic nitrogens is 1. The number of sulfonamides is 1. The molecule has 1 aromatic rings. The van der Waals surface area contributed by atoms with Crippen molar-refractivity contribution in [2.24, 2.45) is 5.92 Å². The fraction of sp³-hybridized carbons (Fsp3) is 0.714. The predicted octanol–water partition coefficient (Wildman–Crippen LogP) is 2.10. The van der Waals surface area contributed by atoms with E-state index in [1.165, 1.54) is 0 Å². The lowest BCUT2D eigenvalue weighted by atomic mass is 10.1. The van der Waals surface area contributed by atoms with Gasteiger partial charge in [0.05, 0.1) is 11.5 Å². The summed E-state index contributed by atoms with van der Waals surface area (Å²) in [5, 5.41) is 9.26. The van der Waals surface area contributed by atoms with Crippen molar-refractivity contribution < 1.29 is 13.5 Å². The number of hydrogen-bond acceptors (Lipinski definition) is 3. The molecule has 116 valence electrons. The summed E-state index contributed by atoms with van der Waals surface area (Å²) in [6.45, 7) is 7.26. The van der Waals surface area contributed by atoms with E-state index in [0.717, 1.165) is 19.3 Å². The van der Waals surface area contributed by atoms with Gasteiger partial charge >= 0.3 is 0 Å². The van der Waals surface area contributed by atoms with E-state index in [4.69, 9.17) is 0 Å². The molecule has 0 aliphatic carbocycles. The molecule has 0 saturated heterocycles. The van der Waals surface area contributed by atoms with Crippen LogP contribution in [0.15, 0.2) is 17.2 Å². The van der Waals surface area contributed by atoms with Crippen molar-refractivity contribution in [2.45, 2.75) is 58.1 Å². The van der Waals surface area contributed by atoms with E-state index in [1.807, 2.05) is 6.92 Å². The van der Waals surface area contributed by atoms with Gasteiger partial charge in [-0.25, -0.2) is 13.1 Å². The molecule has 20 heavy (non-hydrogen) atoms. The van der Waals surface area contributed by atoms with Gasteiger partial charge in [-0.1, -0.05) is 20.8 Å². The Hall–Kier alpha value is -0.850. The molecule has 0 aromatic carbocycles. The Kier molecular flexibility index (Phi) is 6.71. The van der Waals surface area contributed by atoms with Crippen molar-refractivity contribution in [1.82, 2.24) is 9.29 Å². The number of rotatable bonds is 9. The topological polar surface area (TPSA) is 71.3 Å². The minimum atomic E-state index is -3.47. The summed E-state index contributed by atoms with van der Waals surface area (Å²) in [4.78, 5) is 0.236. The smallest absolute Gasteiger partial charge is 0.242 e. The Morgan fingerprint density at radius 3 is 2.65 bits per heavy atom. The van der Waals surface area contributed by atoms with E-state index in [2.05, 4.69) is 18.6 Å². The van der Waals surface area contributed by atoms with Crippen LogP contribution in [0.1, 0.15) is 45.7 Å². The Labute approximate surface area is 122 Å². The first kappa shape index (κ1) is 17.2. The van der Waals surface area contributed by atoms with Crippen LogP contribution in [-0.4, -0.2) is 24.6 Å². The van der Waals surface area contributed by atoms with E-state index in [1.54, 1.807) is 16.8 Å². The van der Waals surface area contributed by atoms with Gasteiger partial charge in [-0.05, 0) is 31.2 Å². The monoisotopic (exact) mass is 302 g/mol. The van der Waals surface area contributed by atoms with E-state index < -0.39 is 10.0 Å². The van der Waals surface area contributed by atoms with Crippen LogP contribution < -0.4 is 4.72 Å². The van der Waals surface area contributed by atoms with E-state index in [9.17, 15) is 13.5 Å². The highest BCUT2D eigenvalue weighted by atomic mass is 32.2. The van der Waals surface area contributed by atoms with E-state index in [-0.39, 0.29) is 11.5 Å². The lowest BCUT2D eigenvalue weighted by Crippen LogP contribution is -2.24. The number of aliphatic hydroxyl groups is 1. The zero-order valence-corrected chi connectivity index (χ0v) is 13.4. The van der Waals surface area contributed by atoms with Crippen molar-refractivity contribution in [3.8, 4) is 0 Å². The molecule has 0 aliphatic heterocycles. The Morgan fingerprint density at radius 2 is 2.10 bits per heavy atom. The van der Waals surface area contributed by atoms with Gasteiger partial charge in [0.2, 0.25) is 10.0 Å². The number of nitrogens with one attached hydrogen (secondary N) is 1. The van der Waals surface area contributed by atoms with Crippen molar-refractivity contribution in [1.29, 1.82) is 0 Å². The lowest BCUT2D eigenvalue weighted by Gasteiger charge is -2.06. The normalized spacial score (nSPS) is 12.2. The summed E-state index contributed by atoms with van der Waals surface area (Å²) < 4.78 is 28.7. The highest BCUT2D eigenvalue weighted by Crippen LogP contribution is 2.15. The molecule has 0 spiro atoms.